The van der Waals surface area contributed by atoms with Crippen LogP contribution in [0.3, 0.4) is 0 Å². The first kappa shape index (κ1) is 13.0. The van der Waals surface area contributed by atoms with Crippen molar-refractivity contribution in [1.82, 2.24) is 0 Å². The zero-order valence-electron chi connectivity index (χ0n) is 8.90. The normalized spacial score (nSPS) is 11.3. The van der Waals surface area contributed by atoms with Crippen LogP contribution in [0.2, 0.25) is 0 Å². The number of amides is 1. The molecule has 2 nitrogen and oxygen atoms in total. The second-order valence-corrected chi connectivity index (χ2v) is 6.43. The highest BCUT2D eigenvalue weighted by molar-refractivity contribution is 14.1. The Hall–Kier alpha value is -0.100. The summed E-state index contributed by atoms with van der Waals surface area (Å²) in [5.41, 5.74) is 0.443. The van der Waals surface area contributed by atoms with Crippen molar-refractivity contribution < 1.29 is 4.79 Å². The molecule has 0 saturated heterocycles. The number of halogens is 2. The van der Waals surface area contributed by atoms with Crippen LogP contribution in [0.5, 0.6) is 0 Å². The van der Waals surface area contributed by atoms with Crippen LogP contribution in [0, 0.1) is 8.99 Å². The van der Waals surface area contributed by atoms with Crippen molar-refractivity contribution in [2.24, 2.45) is 5.41 Å². The maximum Gasteiger partial charge on any atom is 0.229 e. The number of benzene rings is 1. The molecule has 0 fully saturated rings. The number of hydrogen-bond acceptors (Lipinski definition) is 1. The number of carbonyl (C=O) groups is 1. The van der Waals surface area contributed by atoms with Crippen molar-refractivity contribution in [2.75, 3.05) is 5.32 Å². The summed E-state index contributed by atoms with van der Waals surface area (Å²) in [6.07, 6.45) is 0. The van der Waals surface area contributed by atoms with Crippen molar-refractivity contribution in [3.05, 3.63) is 26.2 Å². The van der Waals surface area contributed by atoms with Crippen molar-refractivity contribution >= 4 is 50.1 Å². The smallest absolute Gasteiger partial charge is 0.229 e. The van der Waals surface area contributed by atoms with E-state index < -0.39 is 0 Å². The van der Waals surface area contributed by atoms with Gasteiger partial charge in [-0.2, -0.15) is 0 Å². The second kappa shape index (κ2) is 4.82. The molecule has 0 bridgehead atoms. The molecule has 1 rings (SSSR count). The molecule has 15 heavy (non-hydrogen) atoms. The molecule has 0 spiro atoms. The molecule has 1 aromatic rings. The first-order chi connectivity index (χ1) is 6.80. The van der Waals surface area contributed by atoms with Gasteiger partial charge in [-0.1, -0.05) is 20.8 Å². The van der Waals surface area contributed by atoms with Gasteiger partial charge < -0.3 is 5.32 Å². The van der Waals surface area contributed by atoms with Gasteiger partial charge in [0.15, 0.2) is 0 Å². The van der Waals surface area contributed by atoms with Crippen molar-refractivity contribution in [2.45, 2.75) is 20.8 Å². The van der Waals surface area contributed by atoms with Crippen molar-refractivity contribution in [3.8, 4) is 0 Å². The lowest BCUT2D eigenvalue weighted by molar-refractivity contribution is -0.123. The molecule has 4 heteroatoms. The highest BCUT2D eigenvalue weighted by Gasteiger charge is 2.21. The monoisotopic (exact) mass is 381 g/mol. The predicted octanol–water partition coefficient (Wildman–Crippen LogP) is 4.04. The minimum Gasteiger partial charge on any atom is -0.325 e. The first-order valence-corrected chi connectivity index (χ1v) is 6.44. The molecule has 82 valence electrons. The van der Waals surface area contributed by atoms with E-state index in [4.69, 9.17) is 0 Å². The first-order valence-electron chi connectivity index (χ1n) is 4.57. The number of anilines is 1. The van der Waals surface area contributed by atoms with Crippen LogP contribution in [-0.2, 0) is 4.79 Å². The van der Waals surface area contributed by atoms with E-state index in [0.717, 1.165) is 13.7 Å². The third kappa shape index (κ3) is 3.75. The van der Waals surface area contributed by atoms with Crippen molar-refractivity contribution in [1.29, 1.82) is 0 Å². The van der Waals surface area contributed by atoms with Gasteiger partial charge in [0.25, 0.3) is 0 Å². The Kier molecular flexibility index (Phi) is 4.17. The van der Waals surface area contributed by atoms with Gasteiger partial charge in [-0.05, 0) is 56.7 Å². The van der Waals surface area contributed by atoms with E-state index in [1.165, 1.54) is 0 Å². The molecule has 1 amide bonds. The summed E-state index contributed by atoms with van der Waals surface area (Å²) < 4.78 is 2.04. The SMILES string of the molecule is CC(C)(C)C(=O)Nc1ccc(I)cc1Br. The van der Waals surface area contributed by atoms with Gasteiger partial charge in [-0.3, -0.25) is 4.79 Å². The summed E-state index contributed by atoms with van der Waals surface area (Å²) in [6, 6.07) is 5.83. The lowest BCUT2D eigenvalue weighted by Gasteiger charge is -2.18. The maximum atomic E-state index is 11.7. The summed E-state index contributed by atoms with van der Waals surface area (Å²) in [7, 11) is 0. The molecule has 0 radical (unpaired) electrons. The lowest BCUT2D eigenvalue weighted by atomic mass is 9.95. The van der Waals surface area contributed by atoms with Crippen LogP contribution in [0.4, 0.5) is 5.69 Å². The molecule has 0 aliphatic heterocycles. The van der Waals surface area contributed by atoms with E-state index >= 15 is 0 Å². The number of hydrogen-bond donors (Lipinski definition) is 1. The molecule has 0 heterocycles. The van der Waals surface area contributed by atoms with Crippen LogP contribution in [0.1, 0.15) is 20.8 Å². The van der Waals surface area contributed by atoms with Crippen molar-refractivity contribution in [3.63, 3.8) is 0 Å². The Labute approximate surface area is 112 Å². The third-order valence-electron chi connectivity index (χ3n) is 1.86. The molecule has 0 aliphatic rings. The summed E-state index contributed by atoms with van der Waals surface area (Å²) in [5, 5.41) is 2.89. The van der Waals surface area contributed by atoms with Crippen LogP contribution < -0.4 is 5.32 Å². The van der Waals surface area contributed by atoms with E-state index in [1.54, 1.807) is 0 Å². The summed E-state index contributed by atoms with van der Waals surface area (Å²) in [6.45, 7) is 5.68. The predicted molar refractivity (Wildman–Crippen MR) is 74.9 cm³/mol. The highest BCUT2D eigenvalue weighted by atomic mass is 127. The van der Waals surface area contributed by atoms with Gasteiger partial charge in [0.05, 0.1) is 5.69 Å². The van der Waals surface area contributed by atoms with E-state index in [1.807, 2.05) is 39.0 Å². The fourth-order valence-electron chi connectivity index (χ4n) is 0.901. The molecular formula is C11H13BrINO. The maximum absolute atomic E-state index is 11.7. The topological polar surface area (TPSA) is 29.1 Å². The van der Waals surface area contributed by atoms with E-state index in [9.17, 15) is 4.79 Å². The van der Waals surface area contributed by atoms with E-state index in [-0.39, 0.29) is 11.3 Å². The van der Waals surface area contributed by atoms with Crippen LogP contribution in [0.25, 0.3) is 0 Å². The van der Waals surface area contributed by atoms with Gasteiger partial charge in [-0.15, -0.1) is 0 Å². The molecule has 0 saturated carbocycles. The Morgan fingerprint density at radius 2 is 2.00 bits per heavy atom. The minimum absolute atomic E-state index is 0.0180. The standard InChI is InChI=1S/C11H13BrINO/c1-11(2,3)10(15)14-9-5-4-7(13)6-8(9)12/h4-6H,1-3H3,(H,14,15). The zero-order chi connectivity index (χ0) is 11.6. The Balaban J connectivity index is 2.87. The highest BCUT2D eigenvalue weighted by Crippen LogP contribution is 2.26. The molecule has 0 atom stereocenters. The van der Waals surface area contributed by atoms with Crippen LogP contribution in [-0.4, -0.2) is 5.91 Å². The van der Waals surface area contributed by atoms with Crippen LogP contribution >= 0.6 is 38.5 Å². The average molecular weight is 382 g/mol. The number of rotatable bonds is 1. The minimum atomic E-state index is -0.373. The lowest BCUT2D eigenvalue weighted by Crippen LogP contribution is -2.27. The largest absolute Gasteiger partial charge is 0.325 e. The van der Waals surface area contributed by atoms with E-state index in [0.29, 0.717) is 0 Å². The molecule has 0 aromatic heterocycles. The molecule has 1 aromatic carbocycles. The molecule has 0 aliphatic carbocycles. The van der Waals surface area contributed by atoms with Gasteiger partial charge in [0.2, 0.25) is 5.91 Å². The van der Waals surface area contributed by atoms with Gasteiger partial charge in [0.1, 0.15) is 0 Å². The molecule has 1 N–H and O–H groups in total. The average Bonchev–Trinajstić information content (AvgIpc) is 2.08. The zero-order valence-corrected chi connectivity index (χ0v) is 12.6. The van der Waals surface area contributed by atoms with Gasteiger partial charge in [0, 0.05) is 13.5 Å². The molecule has 0 unspecified atom stereocenters. The Morgan fingerprint density at radius 1 is 1.40 bits per heavy atom. The summed E-state index contributed by atoms with van der Waals surface area (Å²) in [4.78, 5) is 11.7. The van der Waals surface area contributed by atoms with Gasteiger partial charge in [-0.25, -0.2) is 0 Å². The Morgan fingerprint density at radius 3 is 2.47 bits per heavy atom. The fourth-order valence-corrected chi connectivity index (χ4v) is 2.30. The second-order valence-electron chi connectivity index (χ2n) is 4.33. The quantitative estimate of drug-likeness (QED) is 0.731. The fraction of sp³-hybridized carbons (Fsp3) is 0.364. The third-order valence-corrected chi connectivity index (χ3v) is 3.19. The summed E-state index contributed by atoms with van der Waals surface area (Å²) in [5.74, 6) is 0.0180. The molecular weight excluding hydrogens is 369 g/mol. The Bertz CT molecular complexity index is 385. The summed E-state index contributed by atoms with van der Waals surface area (Å²) >= 11 is 5.65. The number of carbonyl (C=O) groups excluding carboxylic acids is 1. The van der Waals surface area contributed by atoms with Gasteiger partial charge >= 0.3 is 0 Å². The van der Waals surface area contributed by atoms with E-state index in [2.05, 4.69) is 43.8 Å². The number of nitrogens with one attached hydrogen (secondary N) is 1. The van der Waals surface area contributed by atoms with Crippen LogP contribution in [0.15, 0.2) is 22.7 Å².